The van der Waals surface area contributed by atoms with Crippen molar-refractivity contribution in [2.45, 2.75) is 58.3 Å². The van der Waals surface area contributed by atoms with Gasteiger partial charge >= 0.3 is 6.09 Å². The summed E-state index contributed by atoms with van der Waals surface area (Å²) in [5.41, 5.74) is 9.88. The topological polar surface area (TPSA) is 113 Å². The monoisotopic (exact) mass is 515 g/mol. The van der Waals surface area contributed by atoms with E-state index in [1.54, 1.807) is 18.2 Å². The Labute approximate surface area is 221 Å². The number of pyridine rings is 1. The van der Waals surface area contributed by atoms with Crippen LogP contribution in [0.15, 0.2) is 36.8 Å². The summed E-state index contributed by atoms with van der Waals surface area (Å²) >= 11 is 0. The molecule has 38 heavy (non-hydrogen) atoms. The quantitative estimate of drug-likeness (QED) is 0.409. The first kappa shape index (κ1) is 25.5. The van der Waals surface area contributed by atoms with Crippen molar-refractivity contribution in [3.05, 3.63) is 48.0 Å². The molecule has 0 saturated carbocycles. The molecule has 0 radical (unpaired) electrons. The van der Waals surface area contributed by atoms with Crippen molar-refractivity contribution in [2.75, 3.05) is 26.0 Å². The zero-order valence-corrected chi connectivity index (χ0v) is 22.4. The van der Waals surface area contributed by atoms with Gasteiger partial charge in [-0.1, -0.05) is 5.92 Å². The number of amides is 1. The van der Waals surface area contributed by atoms with E-state index in [1.807, 2.05) is 56.0 Å². The first-order valence-electron chi connectivity index (χ1n) is 12.8. The van der Waals surface area contributed by atoms with E-state index in [1.165, 1.54) is 0 Å². The number of hydrogen-bond donors (Lipinski definition) is 1. The normalized spacial score (nSPS) is 17.7. The Balaban J connectivity index is 1.50. The van der Waals surface area contributed by atoms with E-state index in [4.69, 9.17) is 20.3 Å². The smallest absolute Gasteiger partial charge is 0.410 e. The van der Waals surface area contributed by atoms with E-state index in [-0.39, 0.29) is 18.2 Å². The molecule has 1 amide bonds. The Morgan fingerprint density at radius 1 is 1.18 bits per heavy atom. The van der Waals surface area contributed by atoms with Crippen LogP contribution in [0.4, 0.5) is 10.6 Å². The van der Waals surface area contributed by atoms with Crippen LogP contribution >= 0.6 is 0 Å². The molecular weight excluding hydrogens is 482 g/mol. The molecule has 1 aromatic carbocycles. The van der Waals surface area contributed by atoms with Crippen LogP contribution in [-0.4, -0.2) is 67.2 Å². The molecule has 4 heterocycles. The molecule has 1 aliphatic heterocycles. The van der Waals surface area contributed by atoms with Gasteiger partial charge in [0.25, 0.3) is 0 Å². The van der Waals surface area contributed by atoms with Gasteiger partial charge in [0.2, 0.25) is 0 Å². The fourth-order valence-corrected chi connectivity index (χ4v) is 4.97. The summed E-state index contributed by atoms with van der Waals surface area (Å²) in [7, 11) is 1.63. The molecule has 0 bridgehead atoms. The lowest BCUT2D eigenvalue weighted by Crippen LogP contribution is -2.41. The van der Waals surface area contributed by atoms with Crippen LogP contribution in [0.1, 0.15) is 51.4 Å². The fraction of sp³-hybridized carbons (Fsp3) is 0.429. The summed E-state index contributed by atoms with van der Waals surface area (Å²) in [6, 6.07) is 7.63. The summed E-state index contributed by atoms with van der Waals surface area (Å²) in [4.78, 5) is 23.5. The molecule has 0 unspecified atom stereocenters. The van der Waals surface area contributed by atoms with Crippen molar-refractivity contribution in [3.63, 3.8) is 0 Å². The number of aromatic nitrogens is 5. The molecule has 198 valence electrons. The van der Waals surface area contributed by atoms with Gasteiger partial charge in [-0.25, -0.2) is 14.8 Å². The summed E-state index contributed by atoms with van der Waals surface area (Å²) in [5.74, 6) is 6.80. The molecule has 2 N–H and O–H groups in total. The molecule has 4 aromatic rings. The number of benzene rings is 1. The zero-order chi connectivity index (χ0) is 27.0. The number of hydrogen-bond acceptors (Lipinski definition) is 7. The first-order valence-corrected chi connectivity index (χ1v) is 12.8. The maximum atomic E-state index is 13.0. The molecule has 5 rings (SSSR count). The maximum absolute atomic E-state index is 13.0. The lowest BCUT2D eigenvalue weighted by molar-refractivity contribution is 0.0145. The van der Waals surface area contributed by atoms with Crippen molar-refractivity contribution >= 4 is 33.8 Å². The zero-order valence-electron chi connectivity index (χ0n) is 22.4. The fourth-order valence-electron chi connectivity index (χ4n) is 4.97. The van der Waals surface area contributed by atoms with Crippen LogP contribution in [0.5, 0.6) is 0 Å². The molecule has 0 spiro atoms. The number of imidazole rings is 1. The number of carbonyl (C=O) groups excluding carboxylic acids is 1. The Morgan fingerprint density at radius 2 is 2.00 bits per heavy atom. The third-order valence-corrected chi connectivity index (χ3v) is 6.66. The van der Waals surface area contributed by atoms with Crippen molar-refractivity contribution in [2.24, 2.45) is 0 Å². The number of nitrogen functional groups attached to an aromatic ring is 1. The second-order valence-electron chi connectivity index (χ2n) is 10.5. The summed E-state index contributed by atoms with van der Waals surface area (Å²) in [6.07, 6.45) is 3.80. The highest BCUT2D eigenvalue weighted by Crippen LogP contribution is 2.33. The summed E-state index contributed by atoms with van der Waals surface area (Å²) in [6.45, 7) is 9.36. The van der Waals surface area contributed by atoms with Gasteiger partial charge in [0, 0.05) is 32.0 Å². The first-order chi connectivity index (χ1) is 18.2. The van der Waals surface area contributed by atoms with E-state index in [2.05, 4.69) is 33.3 Å². The van der Waals surface area contributed by atoms with Crippen LogP contribution in [0, 0.1) is 11.8 Å². The number of nitrogens with zero attached hydrogens (tertiary/aromatic N) is 6. The average Bonchev–Trinajstić information content (AvgIpc) is 3.57. The molecule has 1 aliphatic rings. The van der Waals surface area contributed by atoms with E-state index in [0.29, 0.717) is 36.5 Å². The molecule has 0 aliphatic carbocycles. The Hall–Kier alpha value is -4.10. The van der Waals surface area contributed by atoms with Gasteiger partial charge in [-0.3, -0.25) is 4.68 Å². The van der Waals surface area contributed by atoms with Crippen molar-refractivity contribution in [3.8, 4) is 11.8 Å². The molecule has 1 saturated heterocycles. The van der Waals surface area contributed by atoms with Crippen molar-refractivity contribution < 1.29 is 14.3 Å². The molecule has 3 aromatic heterocycles. The number of likely N-dealkylation sites (tertiary alicyclic amines) is 1. The van der Waals surface area contributed by atoms with Crippen LogP contribution in [-0.2, 0) is 16.0 Å². The van der Waals surface area contributed by atoms with Crippen LogP contribution in [0.3, 0.4) is 0 Å². The standard InChI is InChI=1S/C28H33N7O3/c1-6-33-17-31-22-13-18(8-10-23(22)33)7-9-21-25-24(11-12-30-26(25)29)35(32-21)19-14-20(16-37-5)34(15-19)27(36)38-28(2,3)4/h8,10-13,17,19-20H,6,14-16H2,1-5H3,(H2,29,30)/t19-,20+/m0/s1. The number of anilines is 1. The number of carbonyl (C=O) groups is 1. The number of methoxy groups -OCH3 is 1. The Morgan fingerprint density at radius 3 is 2.74 bits per heavy atom. The molecule has 2 atom stereocenters. The second-order valence-corrected chi connectivity index (χ2v) is 10.5. The average molecular weight is 516 g/mol. The molecule has 10 nitrogen and oxygen atoms in total. The largest absolute Gasteiger partial charge is 0.444 e. The van der Waals surface area contributed by atoms with Gasteiger partial charge in [-0.05, 0) is 64.3 Å². The number of aryl methyl sites for hydroxylation is 1. The van der Waals surface area contributed by atoms with E-state index in [0.717, 1.165) is 28.7 Å². The van der Waals surface area contributed by atoms with Crippen LogP contribution in [0.25, 0.3) is 21.9 Å². The highest BCUT2D eigenvalue weighted by atomic mass is 16.6. The summed E-state index contributed by atoms with van der Waals surface area (Å²) < 4.78 is 15.1. The second kappa shape index (κ2) is 9.99. The lowest BCUT2D eigenvalue weighted by atomic mass is 10.1. The SMILES string of the molecule is CCn1cnc2cc(C#Cc3nn([C@H]4C[C@H](COC)N(C(=O)OC(C)(C)C)C4)c4ccnc(N)c34)ccc21. The minimum absolute atomic E-state index is 0.100. The Kier molecular flexibility index (Phi) is 6.71. The highest BCUT2D eigenvalue weighted by molar-refractivity contribution is 5.93. The maximum Gasteiger partial charge on any atom is 0.410 e. The molecule has 1 fully saturated rings. The third kappa shape index (κ3) is 4.89. The van der Waals surface area contributed by atoms with Gasteiger partial charge in [0.1, 0.15) is 17.1 Å². The minimum Gasteiger partial charge on any atom is -0.444 e. The van der Waals surface area contributed by atoms with Gasteiger partial charge in [0.15, 0.2) is 0 Å². The van der Waals surface area contributed by atoms with E-state index >= 15 is 0 Å². The van der Waals surface area contributed by atoms with Crippen molar-refractivity contribution in [1.29, 1.82) is 0 Å². The number of rotatable bonds is 4. The number of nitrogens with two attached hydrogens (primary N) is 1. The number of ether oxygens (including phenoxy) is 2. The van der Waals surface area contributed by atoms with E-state index < -0.39 is 5.60 Å². The van der Waals surface area contributed by atoms with Gasteiger partial charge in [-0.15, -0.1) is 0 Å². The molecular formula is C28H33N7O3. The predicted molar refractivity (Wildman–Crippen MR) is 146 cm³/mol. The Bertz CT molecular complexity index is 1550. The highest BCUT2D eigenvalue weighted by Gasteiger charge is 2.39. The van der Waals surface area contributed by atoms with Gasteiger partial charge in [-0.2, -0.15) is 5.10 Å². The van der Waals surface area contributed by atoms with Crippen molar-refractivity contribution in [1.82, 2.24) is 29.2 Å². The van der Waals surface area contributed by atoms with Crippen LogP contribution < -0.4 is 5.73 Å². The molecule has 10 heteroatoms. The van der Waals surface area contributed by atoms with Gasteiger partial charge < -0.3 is 24.7 Å². The van der Waals surface area contributed by atoms with Gasteiger partial charge in [0.05, 0.1) is 47.0 Å². The lowest BCUT2D eigenvalue weighted by Gasteiger charge is -2.28. The minimum atomic E-state index is -0.592. The third-order valence-electron chi connectivity index (χ3n) is 6.66. The predicted octanol–water partition coefficient (Wildman–Crippen LogP) is 3.98. The number of fused-ring (bicyclic) bond motifs is 2. The van der Waals surface area contributed by atoms with Crippen LogP contribution in [0.2, 0.25) is 0 Å². The summed E-state index contributed by atoms with van der Waals surface area (Å²) in [5, 5.41) is 5.58. The van der Waals surface area contributed by atoms with E-state index in [9.17, 15) is 4.79 Å².